The molecule has 7 nitrogen and oxygen atoms in total. The zero-order valence-electron chi connectivity index (χ0n) is 9.80. The van der Waals surface area contributed by atoms with Crippen molar-refractivity contribution in [3.63, 3.8) is 0 Å². The van der Waals surface area contributed by atoms with Crippen molar-refractivity contribution in [2.45, 2.75) is 6.54 Å². The van der Waals surface area contributed by atoms with Gasteiger partial charge < -0.3 is 15.8 Å². The van der Waals surface area contributed by atoms with E-state index < -0.39 is 0 Å². The van der Waals surface area contributed by atoms with Gasteiger partial charge in [0.1, 0.15) is 17.9 Å². The van der Waals surface area contributed by atoms with Gasteiger partial charge in [-0.05, 0) is 12.1 Å². The normalized spacial score (nSPS) is 10.1. The Kier molecular flexibility index (Phi) is 3.42. The van der Waals surface area contributed by atoms with E-state index in [4.69, 9.17) is 10.5 Å². The zero-order chi connectivity index (χ0) is 13.0. The van der Waals surface area contributed by atoms with Gasteiger partial charge in [0.2, 0.25) is 0 Å². The average Bonchev–Trinajstić information content (AvgIpc) is 2.88. The Labute approximate surface area is 103 Å². The molecule has 1 aromatic carbocycles. The fourth-order valence-corrected chi connectivity index (χ4v) is 1.47. The van der Waals surface area contributed by atoms with Crippen LogP contribution < -0.4 is 15.8 Å². The summed E-state index contributed by atoms with van der Waals surface area (Å²) in [5.74, 6) is 0.756. The van der Waals surface area contributed by atoms with Gasteiger partial charge in [-0.15, -0.1) is 0 Å². The van der Waals surface area contributed by atoms with Crippen molar-refractivity contribution in [3.05, 3.63) is 35.9 Å². The molecule has 94 valence electrons. The molecule has 0 saturated heterocycles. The van der Waals surface area contributed by atoms with Crippen molar-refractivity contribution in [1.82, 2.24) is 20.5 Å². The Balaban J connectivity index is 2.09. The quantitative estimate of drug-likeness (QED) is 0.675. The third-order valence-corrected chi connectivity index (χ3v) is 2.35. The van der Waals surface area contributed by atoms with Gasteiger partial charge in [-0.2, -0.15) is 5.10 Å². The molecule has 1 amide bonds. The summed E-state index contributed by atoms with van der Waals surface area (Å²) in [6.07, 6.45) is 1.38. The number of hydrogen-bond acceptors (Lipinski definition) is 5. The van der Waals surface area contributed by atoms with Crippen LogP contribution in [0.25, 0.3) is 0 Å². The van der Waals surface area contributed by atoms with Gasteiger partial charge >= 0.3 is 0 Å². The fourth-order valence-electron chi connectivity index (χ4n) is 1.47. The lowest BCUT2D eigenvalue weighted by molar-refractivity contribution is 0.0947. The highest BCUT2D eigenvalue weighted by molar-refractivity contribution is 5.97. The van der Waals surface area contributed by atoms with Crippen molar-refractivity contribution in [1.29, 1.82) is 0 Å². The van der Waals surface area contributed by atoms with Crippen LogP contribution in [0.3, 0.4) is 0 Å². The van der Waals surface area contributed by atoms with Crippen LogP contribution in [0.2, 0.25) is 0 Å². The summed E-state index contributed by atoms with van der Waals surface area (Å²) < 4.78 is 5.11. The monoisotopic (exact) mass is 247 g/mol. The maximum absolute atomic E-state index is 11.9. The van der Waals surface area contributed by atoms with Crippen molar-refractivity contribution in [2.24, 2.45) is 0 Å². The summed E-state index contributed by atoms with van der Waals surface area (Å²) in [4.78, 5) is 15.8. The Morgan fingerprint density at radius 3 is 3.06 bits per heavy atom. The topological polar surface area (TPSA) is 106 Å². The second-order valence-corrected chi connectivity index (χ2v) is 3.57. The molecule has 0 aliphatic carbocycles. The number of nitrogens with two attached hydrogens (primary N) is 1. The first-order chi connectivity index (χ1) is 8.70. The molecule has 1 aromatic heterocycles. The zero-order valence-corrected chi connectivity index (χ0v) is 9.80. The summed E-state index contributed by atoms with van der Waals surface area (Å²) in [6.45, 7) is 0.270. The Hall–Kier alpha value is -2.57. The smallest absolute Gasteiger partial charge is 0.255 e. The van der Waals surface area contributed by atoms with Crippen molar-refractivity contribution in [3.8, 4) is 5.75 Å². The third-order valence-electron chi connectivity index (χ3n) is 2.35. The van der Waals surface area contributed by atoms with Gasteiger partial charge in [-0.3, -0.25) is 9.89 Å². The van der Waals surface area contributed by atoms with Crippen LogP contribution in [0.5, 0.6) is 5.75 Å². The number of methoxy groups -OCH3 is 1. The van der Waals surface area contributed by atoms with Crippen molar-refractivity contribution >= 4 is 11.6 Å². The first kappa shape index (κ1) is 11.9. The summed E-state index contributed by atoms with van der Waals surface area (Å²) in [6, 6.07) is 4.86. The summed E-state index contributed by atoms with van der Waals surface area (Å²) in [5, 5.41) is 9.05. The SMILES string of the molecule is COc1cc(N)ccc1C(=O)NCc1ncn[nH]1. The number of nitrogens with one attached hydrogen (secondary N) is 2. The lowest BCUT2D eigenvalue weighted by atomic mass is 10.1. The molecule has 0 atom stereocenters. The standard InChI is InChI=1S/C11H13N5O2/c1-18-9-4-7(12)2-3-8(9)11(17)13-5-10-14-6-15-16-10/h2-4,6H,5,12H2,1H3,(H,13,17)(H,14,15,16). The van der Waals surface area contributed by atoms with E-state index in [-0.39, 0.29) is 12.5 Å². The number of carbonyl (C=O) groups is 1. The molecule has 18 heavy (non-hydrogen) atoms. The number of hydrogen-bond donors (Lipinski definition) is 3. The van der Waals surface area contributed by atoms with E-state index in [0.717, 1.165) is 0 Å². The molecule has 2 rings (SSSR count). The molecule has 0 unspecified atom stereocenters. The number of H-pyrrole nitrogens is 1. The molecular formula is C11H13N5O2. The van der Waals surface area contributed by atoms with Crippen LogP contribution in [0.15, 0.2) is 24.5 Å². The molecule has 0 spiro atoms. The molecule has 2 aromatic rings. The maximum Gasteiger partial charge on any atom is 0.255 e. The number of carbonyl (C=O) groups excluding carboxylic acids is 1. The minimum atomic E-state index is -0.261. The lowest BCUT2D eigenvalue weighted by Gasteiger charge is -2.09. The van der Waals surface area contributed by atoms with E-state index in [9.17, 15) is 4.79 Å². The highest BCUT2D eigenvalue weighted by atomic mass is 16.5. The maximum atomic E-state index is 11.9. The van der Waals surface area contributed by atoms with E-state index in [0.29, 0.717) is 22.8 Å². The molecule has 4 N–H and O–H groups in total. The number of amides is 1. The lowest BCUT2D eigenvalue weighted by Crippen LogP contribution is -2.24. The van der Waals surface area contributed by atoms with Crippen LogP contribution >= 0.6 is 0 Å². The molecule has 0 saturated carbocycles. The third kappa shape index (κ3) is 2.57. The summed E-state index contributed by atoms with van der Waals surface area (Å²) >= 11 is 0. The average molecular weight is 247 g/mol. The number of rotatable bonds is 4. The van der Waals surface area contributed by atoms with Gasteiger partial charge in [0.05, 0.1) is 19.2 Å². The fraction of sp³-hybridized carbons (Fsp3) is 0.182. The van der Waals surface area contributed by atoms with Gasteiger partial charge in [-0.25, -0.2) is 4.98 Å². The predicted molar refractivity (Wildman–Crippen MR) is 65.0 cm³/mol. The molecule has 0 aliphatic heterocycles. The number of anilines is 1. The second-order valence-electron chi connectivity index (χ2n) is 3.57. The number of ether oxygens (including phenoxy) is 1. The van der Waals surface area contributed by atoms with Crippen LogP contribution in [-0.4, -0.2) is 28.2 Å². The molecule has 0 fully saturated rings. The van der Waals surface area contributed by atoms with E-state index in [1.807, 2.05) is 0 Å². The first-order valence-corrected chi connectivity index (χ1v) is 5.26. The van der Waals surface area contributed by atoms with Crippen LogP contribution in [0.4, 0.5) is 5.69 Å². The number of aromatic amines is 1. The first-order valence-electron chi connectivity index (χ1n) is 5.26. The van der Waals surface area contributed by atoms with E-state index in [1.54, 1.807) is 18.2 Å². The van der Waals surface area contributed by atoms with Crippen LogP contribution in [-0.2, 0) is 6.54 Å². The Morgan fingerprint density at radius 1 is 1.56 bits per heavy atom. The van der Waals surface area contributed by atoms with E-state index in [2.05, 4.69) is 20.5 Å². The molecule has 0 bridgehead atoms. The van der Waals surface area contributed by atoms with Crippen LogP contribution in [0.1, 0.15) is 16.2 Å². The van der Waals surface area contributed by atoms with Crippen molar-refractivity contribution in [2.75, 3.05) is 12.8 Å². The number of nitrogen functional groups attached to an aromatic ring is 1. The van der Waals surface area contributed by atoms with Gasteiger partial charge in [-0.1, -0.05) is 0 Å². The van der Waals surface area contributed by atoms with Gasteiger partial charge in [0.25, 0.3) is 5.91 Å². The van der Waals surface area contributed by atoms with Gasteiger partial charge in [0.15, 0.2) is 0 Å². The van der Waals surface area contributed by atoms with E-state index in [1.165, 1.54) is 13.4 Å². The summed E-state index contributed by atoms with van der Waals surface area (Å²) in [5.41, 5.74) is 6.58. The highest BCUT2D eigenvalue weighted by Gasteiger charge is 2.12. The van der Waals surface area contributed by atoms with Crippen LogP contribution in [0, 0.1) is 0 Å². The van der Waals surface area contributed by atoms with E-state index >= 15 is 0 Å². The number of benzene rings is 1. The van der Waals surface area contributed by atoms with Gasteiger partial charge in [0, 0.05) is 11.8 Å². The number of nitrogens with zero attached hydrogens (tertiary/aromatic N) is 2. The highest BCUT2D eigenvalue weighted by Crippen LogP contribution is 2.21. The largest absolute Gasteiger partial charge is 0.496 e. The number of aromatic nitrogens is 3. The van der Waals surface area contributed by atoms with Crippen molar-refractivity contribution < 1.29 is 9.53 Å². The molecule has 0 radical (unpaired) electrons. The predicted octanol–water partition coefficient (Wildman–Crippen LogP) is 0.326. The second kappa shape index (κ2) is 5.17. The minimum absolute atomic E-state index is 0.261. The molecule has 0 aliphatic rings. The summed E-state index contributed by atoms with van der Waals surface area (Å²) in [7, 11) is 1.49. The minimum Gasteiger partial charge on any atom is -0.496 e. The molecule has 7 heteroatoms. The Bertz CT molecular complexity index is 538. The molecule has 1 heterocycles. The molecular weight excluding hydrogens is 234 g/mol. The Morgan fingerprint density at radius 2 is 2.39 bits per heavy atom.